The third-order valence-electron chi connectivity index (χ3n) is 7.01. The molecule has 29 heavy (non-hydrogen) atoms. The average Bonchev–Trinajstić information content (AvgIpc) is 3.03. The molecule has 1 atom stereocenters. The number of fused-ring (bicyclic) bond motifs is 1. The molecule has 3 heterocycles. The third-order valence-corrected chi connectivity index (χ3v) is 7.01. The lowest BCUT2D eigenvalue weighted by Crippen LogP contribution is -2.51. The topological polar surface area (TPSA) is 43.9 Å². The Morgan fingerprint density at radius 2 is 1.59 bits per heavy atom. The van der Waals surface area contributed by atoms with Crippen LogP contribution >= 0.6 is 0 Å². The molecule has 3 aliphatic rings. The lowest BCUT2D eigenvalue weighted by Gasteiger charge is -2.41. The standard InChI is InChI=1S/C24H35N3O2/c1-19-10-15-26(16-11-19)24(29)23-21-9-5-4-8-20(21)12-17-27(23)18-22(28)25-13-6-2-3-7-14-25/h4-5,8-9,19,23H,2-3,6-7,10-18H2,1H3/t23-/m1/s1. The molecule has 2 amide bonds. The normalized spacial score (nSPS) is 24.1. The van der Waals surface area contributed by atoms with Crippen molar-refractivity contribution in [1.82, 2.24) is 14.7 Å². The summed E-state index contributed by atoms with van der Waals surface area (Å²) in [6.45, 7) is 6.81. The van der Waals surface area contributed by atoms with E-state index in [1.54, 1.807) is 0 Å². The predicted octanol–water partition coefficient (Wildman–Crippen LogP) is 3.25. The molecule has 5 heteroatoms. The maximum absolute atomic E-state index is 13.6. The minimum absolute atomic E-state index is 0.188. The van der Waals surface area contributed by atoms with Crippen LogP contribution in [-0.2, 0) is 16.0 Å². The van der Waals surface area contributed by atoms with E-state index in [4.69, 9.17) is 0 Å². The van der Waals surface area contributed by atoms with Crippen molar-refractivity contribution in [3.05, 3.63) is 35.4 Å². The second-order valence-corrected chi connectivity index (χ2v) is 9.12. The molecule has 0 aromatic heterocycles. The summed E-state index contributed by atoms with van der Waals surface area (Å²) in [7, 11) is 0. The van der Waals surface area contributed by atoms with E-state index in [1.807, 2.05) is 15.9 Å². The molecule has 5 nitrogen and oxygen atoms in total. The number of hydrogen-bond acceptors (Lipinski definition) is 3. The number of benzene rings is 1. The van der Waals surface area contributed by atoms with Crippen molar-refractivity contribution in [2.24, 2.45) is 5.92 Å². The maximum Gasteiger partial charge on any atom is 0.244 e. The number of carbonyl (C=O) groups excluding carboxylic acids is 2. The summed E-state index contributed by atoms with van der Waals surface area (Å²) in [6.07, 6.45) is 7.69. The summed E-state index contributed by atoms with van der Waals surface area (Å²) in [5, 5.41) is 0. The SMILES string of the molecule is CC1CCN(C(=O)[C@H]2c3ccccc3CCN2CC(=O)N2CCCCCC2)CC1. The van der Waals surface area contributed by atoms with E-state index >= 15 is 0 Å². The first-order chi connectivity index (χ1) is 14.1. The molecule has 2 saturated heterocycles. The fourth-order valence-corrected chi connectivity index (χ4v) is 5.07. The molecule has 2 fully saturated rings. The van der Waals surface area contributed by atoms with E-state index in [1.165, 1.54) is 18.4 Å². The van der Waals surface area contributed by atoms with Gasteiger partial charge in [0.25, 0.3) is 0 Å². The summed E-state index contributed by atoms with van der Waals surface area (Å²) < 4.78 is 0. The summed E-state index contributed by atoms with van der Waals surface area (Å²) >= 11 is 0. The molecule has 0 spiro atoms. The molecular formula is C24H35N3O2. The first kappa shape index (κ1) is 20.4. The molecule has 1 aromatic rings. The van der Waals surface area contributed by atoms with E-state index in [0.29, 0.717) is 12.5 Å². The van der Waals surface area contributed by atoms with Crippen LogP contribution < -0.4 is 0 Å². The van der Waals surface area contributed by atoms with Crippen molar-refractivity contribution in [3.63, 3.8) is 0 Å². The van der Waals surface area contributed by atoms with Gasteiger partial charge in [-0.05, 0) is 49.1 Å². The van der Waals surface area contributed by atoms with Gasteiger partial charge in [-0.2, -0.15) is 0 Å². The van der Waals surface area contributed by atoms with Crippen molar-refractivity contribution in [2.45, 2.75) is 57.9 Å². The van der Waals surface area contributed by atoms with Crippen molar-refractivity contribution < 1.29 is 9.59 Å². The Morgan fingerprint density at radius 1 is 0.897 bits per heavy atom. The van der Waals surface area contributed by atoms with Gasteiger partial charge in [-0.25, -0.2) is 0 Å². The zero-order valence-corrected chi connectivity index (χ0v) is 17.8. The number of carbonyl (C=O) groups is 2. The van der Waals surface area contributed by atoms with E-state index in [-0.39, 0.29) is 17.9 Å². The molecule has 3 aliphatic heterocycles. The summed E-state index contributed by atoms with van der Waals surface area (Å²) in [6, 6.07) is 8.00. The minimum atomic E-state index is -0.315. The highest BCUT2D eigenvalue weighted by atomic mass is 16.2. The zero-order chi connectivity index (χ0) is 20.2. The van der Waals surface area contributed by atoms with Crippen LogP contribution in [0.3, 0.4) is 0 Å². The highest BCUT2D eigenvalue weighted by Gasteiger charge is 2.37. The van der Waals surface area contributed by atoms with Crippen LogP contribution in [0.15, 0.2) is 24.3 Å². The molecule has 0 saturated carbocycles. The van der Waals surface area contributed by atoms with Crippen LogP contribution in [0, 0.1) is 5.92 Å². The monoisotopic (exact) mass is 397 g/mol. The van der Waals surface area contributed by atoms with E-state index in [9.17, 15) is 9.59 Å². The van der Waals surface area contributed by atoms with Gasteiger partial charge in [-0.1, -0.05) is 44.0 Å². The molecule has 0 bridgehead atoms. The highest BCUT2D eigenvalue weighted by molar-refractivity contribution is 5.85. The number of amides is 2. The molecule has 158 valence electrons. The van der Waals surface area contributed by atoms with Gasteiger partial charge in [-0.15, -0.1) is 0 Å². The molecule has 4 rings (SSSR count). The zero-order valence-electron chi connectivity index (χ0n) is 17.8. The lowest BCUT2D eigenvalue weighted by atomic mass is 9.90. The Morgan fingerprint density at radius 3 is 2.31 bits per heavy atom. The summed E-state index contributed by atoms with van der Waals surface area (Å²) in [5.41, 5.74) is 2.36. The number of piperidine rings is 1. The van der Waals surface area contributed by atoms with Crippen LogP contribution in [0.25, 0.3) is 0 Å². The minimum Gasteiger partial charge on any atom is -0.342 e. The Labute approximate surface area is 175 Å². The van der Waals surface area contributed by atoms with Gasteiger partial charge in [0, 0.05) is 32.7 Å². The van der Waals surface area contributed by atoms with Crippen molar-refractivity contribution in [2.75, 3.05) is 39.3 Å². The summed E-state index contributed by atoms with van der Waals surface area (Å²) in [5.74, 6) is 1.07. The van der Waals surface area contributed by atoms with E-state index < -0.39 is 0 Å². The molecule has 0 aliphatic carbocycles. The average molecular weight is 398 g/mol. The first-order valence-corrected chi connectivity index (χ1v) is 11.5. The molecule has 0 radical (unpaired) electrons. The fraction of sp³-hybridized carbons (Fsp3) is 0.667. The Hall–Kier alpha value is -1.88. The fourth-order valence-electron chi connectivity index (χ4n) is 5.07. The van der Waals surface area contributed by atoms with Crippen LogP contribution in [0.1, 0.15) is 62.6 Å². The van der Waals surface area contributed by atoms with Crippen LogP contribution in [-0.4, -0.2) is 65.8 Å². The van der Waals surface area contributed by atoms with Gasteiger partial charge in [0.2, 0.25) is 11.8 Å². The van der Waals surface area contributed by atoms with Gasteiger partial charge in [-0.3, -0.25) is 14.5 Å². The molecule has 0 N–H and O–H groups in total. The smallest absolute Gasteiger partial charge is 0.244 e. The second-order valence-electron chi connectivity index (χ2n) is 9.12. The van der Waals surface area contributed by atoms with Gasteiger partial charge in [0.05, 0.1) is 6.54 Å². The Bertz CT molecular complexity index is 719. The van der Waals surface area contributed by atoms with Crippen molar-refractivity contribution in [1.29, 1.82) is 0 Å². The summed E-state index contributed by atoms with van der Waals surface area (Å²) in [4.78, 5) is 32.9. The van der Waals surface area contributed by atoms with Crippen molar-refractivity contribution >= 4 is 11.8 Å². The third kappa shape index (κ3) is 4.66. The number of likely N-dealkylation sites (tertiary alicyclic amines) is 2. The molecular weight excluding hydrogens is 362 g/mol. The Kier molecular flexibility index (Phi) is 6.53. The second kappa shape index (κ2) is 9.29. The largest absolute Gasteiger partial charge is 0.342 e. The van der Waals surface area contributed by atoms with Gasteiger partial charge in [0.15, 0.2) is 0 Å². The van der Waals surface area contributed by atoms with Gasteiger partial charge >= 0.3 is 0 Å². The molecule has 1 aromatic carbocycles. The lowest BCUT2D eigenvalue weighted by molar-refractivity contribution is -0.141. The number of hydrogen-bond donors (Lipinski definition) is 0. The van der Waals surface area contributed by atoms with Gasteiger partial charge < -0.3 is 9.80 Å². The van der Waals surface area contributed by atoms with E-state index in [2.05, 4.69) is 30.0 Å². The molecule has 0 unspecified atom stereocenters. The highest BCUT2D eigenvalue weighted by Crippen LogP contribution is 2.32. The number of nitrogens with zero attached hydrogens (tertiary/aromatic N) is 3. The van der Waals surface area contributed by atoms with E-state index in [0.717, 1.165) is 70.4 Å². The number of rotatable bonds is 3. The maximum atomic E-state index is 13.6. The Balaban J connectivity index is 1.53. The van der Waals surface area contributed by atoms with Crippen LogP contribution in [0.2, 0.25) is 0 Å². The van der Waals surface area contributed by atoms with Crippen LogP contribution in [0.4, 0.5) is 0 Å². The van der Waals surface area contributed by atoms with Gasteiger partial charge in [0.1, 0.15) is 6.04 Å². The van der Waals surface area contributed by atoms with Crippen molar-refractivity contribution in [3.8, 4) is 0 Å². The predicted molar refractivity (Wildman–Crippen MR) is 114 cm³/mol. The van der Waals surface area contributed by atoms with Crippen LogP contribution in [0.5, 0.6) is 0 Å². The first-order valence-electron chi connectivity index (χ1n) is 11.5. The quantitative estimate of drug-likeness (QED) is 0.786.